The molecule has 0 saturated carbocycles. The van der Waals surface area contributed by atoms with Gasteiger partial charge in [-0.3, -0.25) is 0 Å². The van der Waals surface area contributed by atoms with E-state index in [1.165, 1.54) is 13.0 Å². The molecule has 3 nitrogen and oxygen atoms in total. The predicted molar refractivity (Wildman–Crippen MR) is 62.5 cm³/mol. The summed E-state index contributed by atoms with van der Waals surface area (Å²) in [6.07, 6.45) is 2.24. The Labute approximate surface area is 93.7 Å². The Balaban J connectivity index is 2.29. The number of hydrogen-bond donors (Lipinski definition) is 0. The molecule has 1 unspecified atom stereocenters. The van der Waals surface area contributed by atoms with Gasteiger partial charge in [0.25, 0.3) is 0 Å². The molecule has 1 aliphatic heterocycles. The lowest BCUT2D eigenvalue weighted by Crippen LogP contribution is -2.32. The molecule has 0 aromatic carbocycles. The molecule has 86 valence electrons. The van der Waals surface area contributed by atoms with Crippen LogP contribution in [0.25, 0.3) is 0 Å². The van der Waals surface area contributed by atoms with Gasteiger partial charge in [-0.2, -0.15) is 5.26 Å². The SMILES string of the molecule is CN(C)C1CCN(CCC(C)(C)C#N)C1. The number of rotatable bonds is 4. The third-order valence-electron chi connectivity index (χ3n) is 3.33. The maximum Gasteiger partial charge on any atom is 0.0684 e. The summed E-state index contributed by atoms with van der Waals surface area (Å²) in [5.74, 6) is 0. The minimum atomic E-state index is -0.170. The summed E-state index contributed by atoms with van der Waals surface area (Å²) in [7, 11) is 4.29. The molecule has 1 fully saturated rings. The van der Waals surface area contributed by atoms with Crippen LogP contribution in [0.3, 0.4) is 0 Å². The van der Waals surface area contributed by atoms with Gasteiger partial charge >= 0.3 is 0 Å². The van der Waals surface area contributed by atoms with Gasteiger partial charge in [0.15, 0.2) is 0 Å². The molecule has 0 aromatic rings. The Morgan fingerprint density at radius 1 is 1.47 bits per heavy atom. The first kappa shape index (κ1) is 12.5. The third-order valence-corrected chi connectivity index (χ3v) is 3.33. The molecule has 1 rings (SSSR count). The van der Waals surface area contributed by atoms with E-state index in [-0.39, 0.29) is 5.41 Å². The molecule has 0 aromatic heterocycles. The maximum atomic E-state index is 8.93. The van der Waals surface area contributed by atoms with E-state index in [4.69, 9.17) is 5.26 Å². The van der Waals surface area contributed by atoms with Gasteiger partial charge in [-0.25, -0.2) is 0 Å². The van der Waals surface area contributed by atoms with Crippen molar-refractivity contribution in [2.75, 3.05) is 33.7 Å². The summed E-state index contributed by atoms with van der Waals surface area (Å²) in [6.45, 7) is 7.45. The quantitative estimate of drug-likeness (QED) is 0.704. The van der Waals surface area contributed by atoms with Crippen LogP contribution in [0.15, 0.2) is 0 Å². The zero-order valence-corrected chi connectivity index (χ0v) is 10.5. The maximum absolute atomic E-state index is 8.93. The largest absolute Gasteiger partial charge is 0.305 e. The van der Waals surface area contributed by atoms with Crippen LogP contribution >= 0.6 is 0 Å². The van der Waals surface area contributed by atoms with Gasteiger partial charge in [-0.05, 0) is 53.9 Å². The molecule has 1 heterocycles. The summed E-state index contributed by atoms with van der Waals surface area (Å²) < 4.78 is 0. The van der Waals surface area contributed by atoms with E-state index in [0.29, 0.717) is 6.04 Å². The number of likely N-dealkylation sites (N-methyl/N-ethyl adjacent to an activating group) is 1. The lowest BCUT2D eigenvalue weighted by molar-refractivity contribution is 0.250. The molecular formula is C12H23N3. The zero-order valence-electron chi connectivity index (χ0n) is 10.5. The van der Waals surface area contributed by atoms with Crippen molar-refractivity contribution in [3.05, 3.63) is 0 Å². The Morgan fingerprint density at radius 2 is 2.13 bits per heavy atom. The number of hydrogen-bond acceptors (Lipinski definition) is 3. The highest BCUT2D eigenvalue weighted by Gasteiger charge is 2.25. The van der Waals surface area contributed by atoms with Crippen molar-refractivity contribution in [3.8, 4) is 6.07 Å². The van der Waals surface area contributed by atoms with Gasteiger partial charge in [-0.1, -0.05) is 0 Å². The van der Waals surface area contributed by atoms with Crippen LogP contribution in [0, 0.1) is 16.7 Å². The van der Waals surface area contributed by atoms with Gasteiger partial charge in [-0.15, -0.1) is 0 Å². The summed E-state index contributed by atoms with van der Waals surface area (Å²) in [5.41, 5.74) is -0.170. The second-order valence-corrected chi connectivity index (χ2v) is 5.45. The van der Waals surface area contributed by atoms with Crippen LogP contribution < -0.4 is 0 Å². The summed E-state index contributed by atoms with van der Waals surface area (Å²) in [5, 5.41) is 8.93. The van der Waals surface area contributed by atoms with E-state index in [0.717, 1.165) is 19.5 Å². The molecule has 0 N–H and O–H groups in total. The van der Waals surface area contributed by atoms with Gasteiger partial charge < -0.3 is 9.80 Å². The average Bonchev–Trinajstić information content (AvgIpc) is 2.63. The molecule has 0 radical (unpaired) electrons. The molecule has 3 heteroatoms. The number of nitrogens with zero attached hydrogens (tertiary/aromatic N) is 3. The fourth-order valence-electron chi connectivity index (χ4n) is 1.93. The molecule has 0 amide bonds. The van der Waals surface area contributed by atoms with Gasteiger partial charge in [0.2, 0.25) is 0 Å². The van der Waals surface area contributed by atoms with Crippen molar-refractivity contribution < 1.29 is 0 Å². The fourth-order valence-corrected chi connectivity index (χ4v) is 1.93. The minimum absolute atomic E-state index is 0.170. The summed E-state index contributed by atoms with van der Waals surface area (Å²) >= 11 is 0. The van der Waals surface area contributed by atoms with E-state index in [1.54, 1.807) is 0 Å². The van der Waals surface area contributed by atoms with Crippen molar-refractivity contribution >= 4 is 0 Å². The zero-order chi connectivity index (χ0) is 11.5. The van der Waals surface area contributed by atoms with Crippen molar-refractivity contribution in [1.82, 2.24) is 9.80 Å². The molecule has 1 atom stereocenters. The highest BCUT2D eigenvalue weighted by molar-refractivity contribution is 4.93. The number of likely N-dealkylation sites (tertiary alicyclic amines) is 1. The van der Waals surface area contributed by atoms with Crippen LogP contribution in [-0.2, 0) is 0 Å². The van der Waals surface area contributed by atoms with Crippen LogP contribution in [-0.4, -0.2) is 49.6 Å². The molecule has 0 spiro atoms. The smallest absolute Gasteiger partial charge is 0.0684 e. The monoisotopic (exact) mass is 209 g/mol. The van der Waals surface area contributed by atoms with Gasteiger partial charge in [0.1, 0.15) is 0 Å². The fraction of sp³-hybridized carbons (Fsp3) is 0.917. The Kier molecular flexibility index (Phi) is 4.12. The first-order valence-corrected chi connectivity index (χ1v) is 5.74. The van der Waals surface area contributed by atoms with Crippen LogP contribution in [0.5, 0.6) is 0 Å². The standard InChI is InChI=1S/C12H23N3/c1-12(2,10-13)6-8-15-7-5-11(9-15)14(3)4/h11H,5-9H2,1-4H3. The van der Waals surface area contributed by atoms with E-state index in [2.05, 4.69) is 30.0 Å². The average molecular weight is 209 g/mol. The lowest BCUT2D eigenvalue weighted by Gasteiger charge is -2.22. The van der Waals surface area contributed by atoms with Crippen molar-refractivity contribution in [3.63, 3.8) is 0 Å². The first-order chi connectivity index (χ1) is 6.94. The second-order valence-electron chi connectivity index (χ2n) is 5.45. The molecule has 0 bridgehead atoms. The third kappa shape index (κ3) is 3.81. The van der Waals surface area contributed by atoms with Crippen LogP contribution in [0.4, 0.5) is 0 Å². The molecular weight excluding hydrogens is 186 g/mol. The molecule has 1 saturated heterocycles. The van der Waals surface area contributed by atoms with Crippen LogP contribution in [0.2, 0.25) is 0 Å². The van der Waals surface area contributed by atoms with Crippen molar-refractivity contribution in [1.29, 1.82) is 5.26 Å². The minimum Gasteiger partial charge on any atom is -0.305 e. The summed E-state index contributed by atoms with van der Waals surface area (Å²) in [4.78, 5) is 4.78. The molecule has 15 heavy (non-hydrogen) atoms. The Morgan fingerprint density at radius 3 is 2.60 bits per heavy atom. The first-order valence-electron chi connectivity index (χ1n) is 5.74. The Bertz CT molecular complexity index is 240. The van der Waals surface area contributed by atoms with E-state index in [9.17, 15) is 0 Å². The van der Waals surface area contributed by atoms with E-state index in [1.807, 2.05) is 13.8 Å². The second kappa shape index (κ2) is 4.96. The van der Waals surface area contributed by atoms with Crippen LogP contribution in [0.1, 0.15) is 26.7 Å². The molecule has 1 aliphatic rings. The summed E-state index contributed by atoms with van der Waals surface area (Å²) in [6, 6.07) is 3.07. The topological polar surface area (TPSA) is 30.3 Å². The highest BCUT2D eigenvalue weighted by atomic mass is 15.2. The normalized spacial score (nSPS) is 23.3. The number of nitriles is 1. The Hall–Kier alpha value is -0.590. The molecule has 0 aliphatic carbocycles. The van der Waals surface area contributed by atoms with E-state index < -0.39 is 0 Å². The predicted octanol–water partition coefficient (Wildman–Crippen LogP) is 1.56. The van der Waals surface area contributed by atoms with Gasteiger partial charge in [0, 0.05) is 12.6 Å². The van der Waals surface area contributed by atoms with E-state index >= 15 is 0 Å². The van der Waals surface area contributed by atoms with Crippen molar-refractivity contribution in [2.24, 2.45) is 5.41 Å². The van der Waals surface area contributed by atoms with Crippen molar-refractivity contribution in [2.45, 2.75) is 32.7 Å². The highest BCUT2D eigenvalue weighted by Crippen LogP contribution is 2.21. The van der Waals surface area contributed by atoms with Gasteiger partial charge in [0.05, 0.1) is 11.5 Å². The lowest BCUT2D eigenvalue weighted by atomic mass is 9.91.